The molecule has 0 saturated heterocycles. The molecule has 0 aliphatic heterocycles. The van der Waals surface area contributed by atoms with E-state index in [1.807, 2.05) is 0 Å². The average Bonchev–Trinajstić information content (AvgIpc) is 3.59. The molecule has 0 saturated carbocycles. The second kappa shape index (κ2) is 13.5. The summed E-state index contributed by atoms with van der Waals surface area (Å²) in [7, 11) is 0. The first-order chi connectivity index (χ1) is 18.7. The molecule has 0 bridgehead atoms. The van der Waals surface area contributed by atoms with E-state index < -0.39 is 47.8 Å². The van der Waals surface area contributed by atoms with E-state index in [2.05, 4.69) is 36.2 Å². The van der Waals surface area contributed by atoms with Gasteiger partial charge in [-0.3, -0.25) is 4.98 Å². The smallest absolute Gasteiger partial charge is 0.219 e. The van der Waals surface area contributed by atoms with Crippen LogP contribution in [0.2, 0.25) is 0 Å². The fourth-order valence-electron chi connectivity index (χ4n) is 3.39. The third-order valence-corrected chi connectivity index (χ3v) is 6.93. The number of rotatable bonds is 13. The van der Waals surface area contributed by atoms with Gasteiger partial charge in [0.1, 0.15) is 36.2 Å². The second-order valence-corrected chi connectivity index (χ2v) is 10.4. The predicted octanol–water partition coefficient (Wildman–Crippen LogP) is 3.97. The minimum Gasteiger partial charge on any atom is -0.446 e. The normalized spacial score (nSPS) is 14.7. The Hall–Kier alpha value is -2.82. The zero-order valence-electron chi connectivity index (χ0n) is 20.3. The molecular formula is C24H23BrF3N5O5S. The maximum absolute atomic E-state index is 13.8. The first kappa shape index (κ1) is 29.2. The fourth-order valence-corrected chi connectivity index (χ4v) is 5.01. The van der Waals surface area contributed by atoms with Crippen LogP contribution in [0.3, 0.4) is 0 Å². The lowest BCUT2D eigenvalue weighted by molar-refractivity contribution is -0.117. The number of hydrogen-bond donors (Lipinski definition) is 2. The van der Waals surface area contributed by atoms with Gasteiger partial charge in [0.05, 0.1) is 31.6 Å². The summed E-state index contributed by atoms with van der Waals surface area (Å²) in [6, 6.07) is 3.44. The molecule has 0 fully saturated rings. The van der Waals surface area contributed by atoms with Crippen molar-refractivity contribution < 1.29 is 37.3 Å². The molecule has 0 aliphatic carbocycles. The van der Waals surface area contributed by atoms with Crippen molar-refractivity contribution in [3.8, 4) is 11.3 Å². The quantitative estimate of drug-likeness (QED) is 0.127. The zero-order chi connectivity index (χ0) is 27.9. The third-order valence-electron chi connectivity index (χ3n) is 5.35. The number of halogens is 4. The van der Waals surface area contributed by atoms with Crippen molar-refractivity contribution in [2.75, 3.05) is 6.61 Å². The predicted molar refractivity (Wildman–Crippen MR) is 136 cm³/mol. The van der Waals surface area contributed by atoms with Crippen LogP contribution in [0.25, 0.3) is 11.3 Å². The van der Waals surface area contributed by atoms with Crippen LogP contribution < -0.4 is 0 Å². The summed E-state index contributed by atoms with van der Waals surface area (Å²) in [5, 5.41) is 27.9. The minimum absolute atomic E-state index is 0.00765. The van der Waals surface area contributed by atoms with Gasteiger partial charge in [-0.1, -0.05) is 17.0 Å². The summed E-state index contributed by atoms with van der Waals surface area (Å²) in [6.45, 7) is 0.976. The van der Waals surface area contributed by atoms with Crippen molar-refractivity contribution in [3.63, 3.8) is 0 Å². The average molecular weight is 630 g/mol. The highest BCUT2D eigenvalue weighted by atomic mass is 79.9. The molecular weight excluding hydrogens is 607 g/mol. The summed E-state index contributed by atoms with van der Waals surface area (Å²) in [5.74, 6) is -4.00. The van der Waals surface area contributed by atoms with E-state index in [1.165, 1.54) is 42.0 Å². The number of aliphatic hydroxyl groups excluding tert-OH is 2. The molecule has 2 N–H and O–H groups in total. The molecule has 0 amide bonds. The zero-order valence-corrected chi connectivity index (χ0v) is 22.7. The Morgan fingerprint density at radius 2 is 1.92 bits per heavy atom. The number of aliphatic hydroxyl groups is 2. The Bertz CT molecular complexity index is 1340. The van der Waals surface area contributed by atoms with Crippen LogP contribution in [0.1, 0.15) is 12.8 Å². The lowest BCUT2D eigenvalue weighted by atomic mass is 10.1. The number of pyridine rings is 1. The number of thioether (sulfide) groups is 1. The summed E-state index contributed by atoms with van der Waals surface area (Å²) < 4.78 is 60.5. The molecule has 0 aliphatic rings. The van der Waals surface area contributed by atoms with Crippen LogP contribution in [0.4, 0.5) is 13.2 Å². The standard InChI is InChI=1S/C24H23BrF3N5O5S/c1-13(35)21(11-34)38-24(39-16-6-15(25)7-29-8-16)20(37-12-22-30-2-3-36-22)10-33-9-19(31-32-33)14-4-17(26)23(28)18(27)5-14/h2-9,13,20-21,24,34-35H,10-12H2,1H3/t13-,20+,21?,24?/m1/s1. The highest BCUT2D eigenvalue weighted by Crippen LogP contribution is 2.31. The molecule has 15 heteroatoms. The van der Waals surface area contributed by atoms with Gasteiger partial charge in [-0.15, -0.1) is 5.10 Å². The van der Waals surface area contributed by atoms with E-state index in [-0.39, 0.29) is 24.4 Å². The molecule has 2 unspecified atom stereocenters. The second-order valence-electron chi connectivity index (χ2n) is 8.28. The van der Waals surface area contributed by atoms with Gasteiger partial charge in [0.15, 0.2) is 17.5 Å². The fraction of sp³-hybridized carbons (Fsp3) is 0.333. The highest BCUT2D eigenvalue weighted by molar-refractivity contribution is 9.10. The Morgan fingerprint density at radius 3 is 2.56 bits per heavy atom. The van der Waals surface area contributed by atoms with Crippen molar-refractivity contribution in [3.05, 3.63) is 77.1 Å². The van der Waals surface area contributed by atoms with Gasteiger partial charge in [0.2, 0.25) is 5.89 Å². The van der Waals surface area contributed by atoms with Crippen LogP contribution in [0, 0.1) is 17.5 Å². The largest absolute Gasteiger partial charge is 0.446 e. The summed E-state index contributed by atoms with van der Waals surface area (Å²) in [5.41, 5.74) is -0.749. The Labute approximate surface area is 233 Å². The van der Waals surface area contributed by atoms with E-state index in [0.717, 1.165) is 16.6 Å². The van der Waals surface area contributed by atoms with Crippen molar-refractivity contribution >= 4 is 27.7 Å². The van der Waals surface area contributed by atoms with E-state index in [1.54, 1.807) is 18.5 Å². The molecule has 0 radical (unpaired) electrons. The molecule has 4 aromatic rings. The lowest BCUT2D eigenvalue weighted by Gasteiger charge is -2.30. The number of nitrogens with zero attached hydrogens (tertiary/aromatic N) is 5. The Balaban J connectivity index is 1.63. The summed E-state index contributed by atoms with van der Waals surface area (Å²) in [4.78, 5) is 8.90. The number of benzene rings is 1. The Morgan fingerprint density at radius 1 is 1.15 bits per heavy atom. The molecule has 3 aromatic heterocycles. The van der Waals surface area contributed by atoms with Gasteiger partial charge in [-0.25, -0.2) is 22.8 Å². The van der Waals surface area contributed by atoms with Gasteiger partial charge in [0, 0.05) is 27.3 Å². The highest BCUT2D eigenvalue weighted by Gasteiger charge is 2.31. The molecule has 1 aromatic carbocycles. The van der Waals surface area contributed by atoms with Crippen molar-refractivity contribution in [1.82, 2.24) is 25.0 Å². The van der Waals surface area contributed by atoms with Gasteiger partial charge >= 0.3 is 0 Å². The molecule has 3 heterocycles. The van der Waals surface area contributed by atoms with E-state index in [9.17, 15) is 23.4 Å². The first-order valence-electron chi connectivity index (χ1n) is 11.5. The number of hydrogen-bond acceptors (Lipinski definition) is 10. The first-order valence-corrected chi connectivity index (χ1v) is 13.2. The summed E-state index contributed by atoms with van der Waals surface area (Å²) in [6.07, 6.45) is 4.71. The van der Waals surface area contributed by atoms with Crippen molar-refractivity contribution in [1.29, 1.82) is 0 Å². The van der Waals surface area contributed by atoms with Gasteiger partial charge in [-0.05, 0) is 41.1 Å². The van der Waals surface area contributed by atoms with E-state index in [0.29, 0.717) is 10.8 Å². The maximum Gasteiger partial charge on any atom is 0.219 e. The number of oxazole rings is 1. The van der Waals surface area contributed by atoms with E-state index >= 15 is 0 Å². The lowest BCUT2D eigenvalue weighted by Crippen LogP contribution is -2.40. The SMILES string of the molecule is C[C@@H](O)C(CO)OC(Sc1cncc(Br)c1)[C@H](Cn1cc(-c2cc(F)c(F)c(F)c2)nn1)OCc1ncco1. The molecule has 208 valence electrons. The van der Waals surface area contributed by atoms with Crippen LogP contribution >= 0.6 is 27.7 Å². The third kappa shape index (κ3) is 7.86. The van der Waals surface area contributed by atoms with Gasteiger partial charge in [-0.2, -0.15) is 0 Å². The van der Waals surface area contributed by atoms with Crippen LogP contribution in [-0.2, 0) is 22.6 Å². The molecule has 10 nitrogen and oxygen atoms in total. The van der Waals surface area contributed by atoms with Crippen molar-refractivity contribution in [2.45, 2.75) is 48.7 Å². The monoisotopic (exact) mass is 629 g/mol. The van der Waals surface area contributed by atoms with Crippen LogP contribution in [0.15, 0.2) is 63.0 Å². The van der Waals surface area contributed by atoms with E-state index in [4.69, 9.17) is 13.9 Å². The van der Waals surface area contributed by atoms with Gasteiger partial charge < -0.3 is 24.1 Å². The van der Waals surface area contributed by atoms with Crippen LogP contribution in [-0.4, -0.2) is 65.5 Å². The summed E-state index contributed by atoms with van der Waals surface area (Å²) >= 11 is 4.60. The van der Waals surface area contributed by atoms with Crippen molar-refractivity contribution in [2.24, 2.45) is 0 Å². The maximum atomic E-state index is 13.8. The topological polar surface area (TPSA) is 129 Å². The van der Waals surface area contributed by atoms with Gasteiger partial charge in [0.25, 0.3) is 0 Å². The number of aromatic nitrogens is 5. The number of ether oxygens (including phenoxy) is 2. The molecule has 39 heavy (non-hydrogen) atoms. The molecule has 4 rings (SSSR count). The molecule has 4 atom stereocenters. The Kier molecular flexibility index (Phi) is 10.1. The minimum atomic E-state index is -1.58. The molecule has 0 spiro atoms. The van der Waals surface area contributed by atoms with Crippen LogP contribution in [0.5, 0.6) is 0 Å².